The van der Waals surface area contributed by atoms with Crippen molar-refractivity contribution in [1.29, 1.82) is 0 Å². The lowest BCUT2D eigenvalue weighted by molar-refractivity contribution is -0.691. The molecule has 1 atom stereocenters. The minimum Gasteiger partial charge on any atom is -1.00 e. The first-order chi connectivity index (χ1) is 12.3. The number of rotatable bonds is 1. The van der Waals surface area contributed by atoms with Crippen molar-refractivity contribution in [1.82, 2.24) is 0 Å². The molecule has 0 saturated heterocycles. The number of hydrogen-bond acceptors (Lipinski definition) is 2. The van der Waals surface area contributed by atoms with Crippen molar-refractivity contribution in [2.45, 2.75) is 6.04 Å². The molecule has 0 radical (unpaired) electrons. The molecule has 0 fully saturated rings. The van der Waals surface area contributed by atoms with E-state index < -0.39 is 6.04 Å². The van der Waals surface area contributed by atoms with E-state index in [2.05, 4.69) is 29.3 Å². The summed E-state index contributed by atoms with van der Waals surface area (Å²) < 4.78 is 1.90. The Morgan fingerprint density at radius 1 is 0.808 bits per heavy atom. The van der Waals surface area contributed by atoms with Crippen LogP contribution in [0.5, 0.6) is 0 Å². The lowest BCUT2D eigenvalue weighted by atomic mass is 9.92. The largest absolute Gasteiger partial charge is 1.00 e. The third-order valence-electron chi connectivity index (χ3n) is 4.79. The van der Waals surface area contributed by atoms with Crippen molar-refractivity contribution in [3.63, 3.8) is 0 Å². The van der Waals surface area contributed by atoms with E-state index in [4.69, 9.17) is 0 Å². The first-order valence-corrected chi connectivity index (χ1v) is 8.31. The van der Waals surface area contributed by atoms with Crippen molar-refractivity contribution in [2.75, 3.05) is 0 Å². The summed E-state index contributed by atoms with van der Waals surface area (Å²) in [4.78, 5) is 17.8. The maximum atomic E-state index is 13.3. The fraction of sp³-hybridized carbons (Fsp3) is 0.0455. The van der Waals surface area contributed by atoms with Gasteiger partial charge in [0.15, 0.2) is 12.4 Å². The van der Waals surface area contributed by atoms with E-state index >= 15 is 0 Å². The van der Waals surface area contributed by atoms with Crippen LogP contribution in [0, 0.1) is 0 Å². The third-order valence-corrected chi connectivity index (χ3v) is 4.79. The van der Waals surface area contributed by atoms with Crippen molar-refractivity contribution in [2.24, 2.45) is 4.99 Å². The standard InChI is InChI=1S/C22H15N2O.ClH/c25-22-20(24-10-4-1-5-11-24)14-23-19-9-8-17-12-15-6-2-3-7-16(15)13-18(17)21(19)22;/h1-14,20H;1H/q+1;/p-1. The Balaban J connectivity index is 0.00000168. The summed E-state index contributed by atoms with van der Waals surface area (Å²) in [7, 11) is 0. The van der Waals surface area contributed by atoms with Crippen LogP contribution < -0.4 is 17.0 Å². The minimum absolute atomic E-state index is 0. The fourth-order valence-electron chi connectivity index (χ4n) is 3.55. The van der Waals surface area contributed by atoms with Crippen molar-refractivity contribution in [3.05, 3.63) is 84.7 Å². The van der Waals surface area contributed by atoms with Gasteiger partial charge in [-0.15, -0.1) is 0 Å². The van der Waals surface area contributed by atoms with Crippen molar-refractivity contribution in [3.8, 4) is 0 Å². The maximum Gasteiger partial charge on any atom is 0.256 e. The van der Waals surface area contributed by atoms with E-state index in [0.717, 1.165) is 21.8 Å². The average Bonchev–Trinajstić information content (AvgIpc) is 2.67. The van der Waals surface area contributed by atoms with Crippen molar-refractivity contribution < 1.29 is 21.8 Å². The van der Waals surface area contributed by atoms with Gasteiger partial charge < -0.3 is 12.4 Å². The van der Waals surface area contributed by atoms with Crippen LogP contribution in [0.15, 0.2) is 84.1 Å². The Morgan fingerprint density at radius 2 is 1.54 bits per heavy atom. The monoisotopic (exact) mass is 358 g/mol. The minimum atomic E-state index is -0.397. The highest BCUT2D eigenvalue weighted by molar-refractivity contribution is 6.21. The van der Waals surface area contributed by atoms with Crippen LogP contribution in [0.3, 0.4) is 0 Å². The molecular formula is C22H15ClN2O. The number of fused-ring (bicyclic) bond motifs is 4. The van der Waals surface area contributed by atoms with Crippen LogP contribution in [0.2, 0.25) is 0 Å². The predicted octanol–water partition coefficient (Wildman–Crippen LogP) is 1.42. The number of hydrogen-bond donors (Lipinski definition) is 0. The molecule has 3 aromatic carbocycles. The topological polar surface area (TPSA) is 33.3 Å². The Bertz CT molecular complexity index is 1170. The van der Waals surface area contributed by atoms with Gasteiger partial charge in [-0.05, 0) is 39.7 Å². The number of ketones is 1. The van der Waals surface area contributed by atoms with Crippen LogP contribution in [0.1, 0.15) is 16.4 Å². The van der Waals surface area contributed by atoms with Crippen molar-refractivity contribution >= 4 is 39.2 Å². The molecule has 4 aromatic rings. The van der Waals surface area contributed by atoms with Gasteiger partial charge in [0.25, 0.3) is 6.04 Å². The molecule has 26 heavy (non-hydrogen) atoms. The number of carbonyl (C=O) groups is 1. The van der Waals surface area contributed by atoms with E-state index in [1.54, 1.807) is 6.21 Å². The zero-order chi connectivity index (χ0) is 16.8. The highest BCUT2D eigenvalue weighted by Gasteiger charge is 2.33. The molecule has 126 valence electrons. The molecule has 0 bridgehead atoms. The number of aliphatic imine (C=N–C) groups is 1. The molecule has 2 heterocycles. The molecule has 3 nitrogen and oxygen atoms in total. The van der Waals surface area contributed by atoms with E-state index in [9.17, 15) is 4.79 Å². The maximum absolute atomic E-state index is 13.3. The van der Waals surface area contributed by atoms with Gasteiger partial charge >= 0.3 is 0 Å². The lowest BCUT2D eigenvalue weighted by Crippen LogP contribution is -3.00. The van der Waals surface area contributed by atoms with Gasteiger partial charge in [-0.2, -0.15) is 4.57 Å². The summed E-state index contributed by atoms with van der Waals surface area (Å²) in [6, 6.07) is 21.8. The molecule has 0 amide bonds. The molecule has 0 saturated carbocycles. The molecule has 1 aliphatic rings. The SMILES string of the molecule is O=C1c2c(ccc3cc4ccccc4cc23)N=CC1[n+]1ccccc1.[Cl-]. The van der Waals surface area contributed by atoms with Gasteiger partial charge in [-0.3, -0.25) is 9.79 Å². The second kappa shape index (κ2) is 6.36. The zero-order valence-corrected chi connectivity index (χ0v) is 14.6. The van der Waals surface area contributed by atoms with E-state index in [1.165, 1.54) is 5.39 Å². The Morgan fingerprint density at radius 3 is 2.31 bits per heavy atom. The Hall–Kier alpha value is -3.04. The highest BCUT2D eigenvalue weighted by atomic mass is 35.5. The highest BCUT2D eigenvalue weighted by Crippen LogP contribution is 2.35. The summed E-state index contributed by atoms with van der Waals surface area (Å²) in [5.74, 6) is 0.0853. The molecule has 5 rings (SSSR count). The first-order valence-electron chi connectivity index (χ1n) is 8.31. The number of halogens is 1. The normalized spacial score (nSPS) is 15.7. The molecule has 0 spiro atoms. The molecule has 0 N–H and O–H groups in total. The number of Topliss-reactive ketones (excluding diaryl/α,β-unsaturated/α-hetero) is 1. The fourth-order valence-corrected chi connectivity index (χ4v) is 3.55. The predicted molar refractivity (Wildman–Crippen MR) is 99.6 cm³/mol. The van der Waals surface area contributed by atoms with Gasteiger partial charge in [0.05, 0.1) is 17.5 Å². The first kappa shape index (κ1) is 16.4. The molecule has 1 aromatic heterocycles. The van der Waals surface area contributed by atoms with E-state index in [1.807, 2.05) is 59.4 Å². The van der Waals surface area contributed by atoms with Gasteiger partial charge in [0.1, 0.15) is 0 Å². The number of benzene rings is 3. The Kier molecular flexibility index (Phi) is 4.02. The molecular weight excluding hydrogens is 344 g/mol. The summed E-state index contributed by atoms with van der Waals surface area (Å²) in [5, 5.41) is 4.35. The summed E-state index contributed by atoms with van der Waals surface area (Å²) >= 11 is 0. The molecule has 4 heteroatoms. The lowest BCUT2D eigenvalue weighted by Gasteiger charge is -2.16. The number of carbonyl (C=O) groups excluding carboxylic acids is 1. The van der Waals surface area contributed by atoms with E-state index in [0.29, 0.717) is 5.56 Å². The second-order valence-electron chi connectivity index (χ2n) is 6.29. The van der Waals surface area contributed by atoms with Crippen LogP contribution >= 0.6 is 0 Å². The molecule has 1 unspecified atom stereocenters. The summed E-state index contributed by atoms with van der Waals surface area (Å²) in [6.07, 6.45) is 5.54. The average molecular weight is 359 g/mol. The zero-order valence-electron chi connectivity index (χ0n) is 13.8. The third kappa shape index (κ3) is 2.49. The van der Waals surface area contributed by atoms with Gasteiger partial charge in [-0.25, -0.2) is 0 Å². The summed E-state index contributed by atoms with van der Waals surface area (Å²) in [6.45, 7) is 0. The van der Waals surface area contributed by atoms with Crippen LogP contribution in [-0.2, 0) is 0 Å². The second-order valence-corrected chi connectivity index (χ2v) is 6.29. The Labute approximate surface area is 157 Å². The van der Waals surface area contributed by atoms with E-state index in [-0.39, 0.29) is 18.2 Å². The quantitative estimate of drug-likeness (QED) is 0.374. The molecule has 1 aliphatic heterocycles. The number of nitrogens with zero attached hydrogens (tertiary/aromatic N) is 2. The van der Waals surface area contributed by atoms with Crippen LogP contribution in [0.4, 0.5) is 5.69 Å². The molecule has 0 aliphatic carbocycles. The summed E-state index contributed by atoms with van der Waals surface area (Å²) in [5.41, 5.74) is 1.47. The van der Waals surface area contributed by atoms with Crippen LogP contribution in [-0.4, -0.2) is 12.0 Å². The van der Waals surface area contributed by atoms with Gasteiger partial charge in [-0.1, -0.05) is 36.4 Å². The number of pyridine rings is 1. The van der Waals surface area contributed by atoms with Gasteiger partial charge in [0.2, 0.25) is 5.78 Å². The smallest absolute Gasteiger partial charge is 0.256 e. The van der Waals surface area contributed by atoms with Crippen LogP contribution in [0.25, 0.3) is 21.5 Å². The number of aromatic nitrogens is 1. The van der Waals surface area contributed by atoms with Gasteiger partial charge in [0, 0.05) is 12.1 Å².